The van der Waals surface area contributed by atoms with Gasteiger partial charge in [0.15, 0.2) is 16.1 Å². The first-order valence-corrected chi connectivity index (χ1v) is 13.5. The number of carbonyl (C=O) groups excluding carboxylic acids is 2. The van der Waals surface area contributed by atoms with E-state index in [-0.39, 0.29) is 29.9 Å². The first-order chi connectivity index (χ1) is 18.4. The molecule has 0 saturated heterocycles. The van der Waals surface area contributed by atoms with Gasteiger partial charge in [-0.25, -0.2) is 9.37 Å². The monoisotopic (exact) mass is 546 g/mol. The van der Waals surface area contributed by atoms with Crippen LogP contribution in [0.5, 0.6) is 0 Å². The quantitative estimate of drug-likeness (QED) is 0.256. The van der Waals surface area contributed by atoms with Gasteiger partial charge in [-0.05, 0) is 73.5 Å². The third-order valence-corrected chi connectivity index (χ3v) is 7.71. The Morgan fingerprint density at radius 3 is 2.55 bits per heavy atom. The predicted molar refractivity (Wildman–Crippen MR) is 147 cm³/mol. The number of amides is 2. The van der Waals surface area contributed by atoms with Crippen molar-refractivity contribution in [3.63, 3.8) is 0 Å². The van der Waals surface area contributed by atoms with Crippen LogP contribution in [0.1, 0.15) is 27.3 Å². The van der Waals surface area contributed by atoms with Gasteiger partial charge >= 0.3 is 0 Å². The second-order valence-electron chi connectivity index (χ2n) is 8.52. The zero-order valence-corrected chi connectivity index (χ0v) is 22.2. The van der Waals surface area contributed by atoms with Crippen molar-refractivity contribution < 1.29 is 14.0 Å². The molecular weight excluding hydrogens is 523 g/mol. The van der Waals surface area contributed by atoms with Gasteiger partial charge in [-0.15, -0.1) is 10.2 Å². The minimum Gasteiger partial charge on any atom is -0.345 e. The van der Waals surface area contributed by atoms with Gasteiger partial charge in [0.1, 0.15) is 5.82 Å². The summed E-state index contributed by atoms with van der Waals surface area (Å²) in [5.74, 6) is -0.359. The molecule has 0 aliphatic carbocycles. The van der Waals surface area contributed by atoms with Crippen molar-refractivity contribution in [1.29, 1.82) is 0 Å². The molecule has 38 heavy (non-hydrogen) atoms. The molecule has 192 valence electrons. The van der Waals surface area contributed by atoms with Gasteiger partial charge < -0.3 is 10.6 Å². The summed E-state index contributed by atoms with van der Waals surface area (Å²) < 4.78 is 16.3. The number of aryl methyl sites for hydroxylation is 2. The molecule has 0 unspecified atom stereocenters. The molecular formula is C27H23FN6O2S2. The molecule has 0 fully saturated rings. The Morgan fingerprint density at radius 2 is 1.79 bits per heavy atom. The maximum absolute atomic E-state index is 13.6. The van der Waals surface area contributed by atoms with Gasteiger partial charge in [0.25, 0.3) is 5.91 Å². The highest BCUT2D eigenvalue weighted by atomic mass is 32.2. The van der Waals surface area contributed by atoms with Crippen molar-refractivity contribution in [2.24, 2.45) is 0 Å². The molecule has 2 heterocycles. The van der Waals surface area contributed by atoms with Crippen molar-refractivity contribution in [3.8, 4) is 5.69 Å². The Kier molecular flexibility index (Phi) is 7.47. The Labute approximate surface area is 226 Å². The summed E-state index contributed by atoms with van der Waals surface area (Å²) in [6.45, 7) is 4.03. The average molecular weight is 547 g/mol. The van der Waals surface area contributed by atoms with E-state index in [2.05, 4.69) is 25.8 Å². The Bertz CT molecular complexity index is 1600. The topological polar surface area (TPSA) is 102 Å². The zero-order chi connectivity index (χ0) is 26.6. The van der Waals surface area contributed by atoms with Gasteiger partial charge in [0.2, 0.25) is 5.91 Å². The molecule has 11 heteroatoms. The number of carbonyl (C=O) groups is 2. The van der Waals surface area contributed by atoms with E-state index in [1.807, 2.05) is 50.2 Å². The van der Waals surface area contributed by atoms with Crippen molar-refractivity contribution >= 4 is 50.3 Å². The molecule has 3 aromatic carbocycles. The number of anilines is 1. The molecule has 0 bridgehead atoms. The van der Waals surface area contributed by atoms with Crippen LogP contribution in [0, 0.1) is 19.7 Å². The Hall–Kier alpha value is -4.09. The summed E-state index contributed by atoms with van der Waals surface area (Å²) in [5, 5.41) is 15.1. The van der Waals surface area contributed by atoms with Crippen LogP contribution in [0.25, 0.3) is 15.9 Å². The highest BCUT2D eigenvalue weighted by Gasteiger charge is 2.18. The first-order valence-electron chi connectivity index (χ1n) is 11.7. The highest BCUT2D eigenvalue weighted by Crippen LogP contribution is 2.27. The van der Waals surface area contributed by atoms with E-state index in [0.29, 0.717) is 27.4 Å². The lowest BCUT2D eigenvalue weighted by molar-refractivity contribution is -0.113. The lowest BCUT2D eigenvalue weighted by Crippen LogP contribution is -2.24. The number of fused-ring (bicyclic) bond motifs is 1. The highest BCUT2D eigenvalue weighted by molar-refractivity contribution is 7.99. The molecule has 0 radical (unpaired) electrons. The Morgan fingerprint density at radius 1 is 1.00 bits per heavy atom. The van der Waals surface area contributed by atoms with Crippen LogP contribution < -0.4 is 10.6 Å². The molecule has 8 nitrogen and oxygen atoms in total. The number of rotatable bonds is 8. The van der Waals surface area contributed by atoms with Crippen molar-refractivity contribution in [2.45, 2.75) is 25.5 Å². The maximum atomic E-state index is 13.6. The SMILES string of the molecule is Cc1ccc(C(=O)NCc2nnc(SCC(=O)Nc3nc4ccccc4s3)n2-c2ccc(F)cc2)cc1C. The minimum atomic E-state index is -0.379. The van der Waals surface area contributed by atoms with E-state index in [4.69, 9.17) is 0 Å². The van der Waals surface area contributed by atoms with Gasteiger partial charge in [0.05, 0.1) is 22.5 Å². The summed E-state index contributed by atoms with van der Waals surface area (Å²) in [6.07, 6.45) is 0. The molecule has 2 aromatic heterocycles. The fraction of sp³-hybridized carbons (Fsp3) is 0.148. The van der Waals surface area contributed by atoms with E-state index in [1.54, 1.807) is 22.8 Å². The van der Waals surface area contributed by atoms with Crippen molar-refractivity contribution in [1.82, 2.24) is 25.1 Å². The summed E-state index contributed by atoms with van der Waals surface area (Å²) in [5.41, 5.74) is 4.10. The summed E-state index contributed by atoms with van der Waals surface area (Å²) in [4.78, 5) is 29.8. The van der Waals surface area contributed by atoms with Crippen molar-refractivity contribution in [2.75, 3.05) is 11.1 Å². The number of thiazole rings is 1. The van der Waals surface area contributed by atoms with Gasteiger partial charge in [0, 0.05) is 11.3 Å². The molecule has 0 aliphatic rings. The lowest BCUT2D eigenvalue weighted by Gasteiger charge is -2.11. The number of para-hydroxylation sites is 1. The fourth-order valence-electron chi connectivity index (χ4n) is 3.71. The summed E-state index contributed by atoms with van der Waals surface area (Å²) >= 11 is 2.58. The average Bonchev–Trinajstić information content (AvgIpc) is 3.51. The van der Waals surface area contributed by atoms with Crippen LogP contribution >= 0.6 is 23.1 Å². The molecule has 2 amide bonds. The van der Waals surface area contributed by atoms with Crippen LogP contribution in [0.3, 0.4) is 0 Å². The minimum absolute atomic E-state index is 0.0598. The fourth-order valence-corrected chi connectivity index (χ4v) is 5.37. The van der Waals surface area contributed by atoms with E-state index in [9.17, 15) is 14.0 Å². The van der Waals surface area contributed by atoms with Crippen LogP contribution in [0.4, 0.5) is 9.52 Å². The normalized spacial score (nSPS) is 11.0. The third kappa shape index (κ3) is 5.74. The second kappa shape index (κ2) is 11.1. The number of benzene rings is 3. The maximum Gasteiger partial charge on any atom is 0.251 e. The molecule has 0 aliphatic heterocycles. The lowest BCUT2D eigenvalue weighted by atomic mass is 10.1. The number of hydrogen-bond acceptors (Lipinski definition) is 7. The number of hydrogen-bond donors (Lipinski definition) is 2. The van der Waals surface area contributed by atoms with Crippen LogP contribution in [0.15, 0.2) is 71.9 Å². The molecule has 5 rings (SSSR count). The standard InChI is InChI=1S/C27H23FN6O2S2/c1-16-7-8-18(13-17(16)2)25(36)29-14-23-32-33-27(34(23)20-11-9-19(28)10-12-20)37-15-24(35)31-26-30-21-5-3-4-6-22(21)38-26/h3-13H,14-15H2,1-2H3,(H,29,36)(H,30,31,35). The van der Waals surface area contributed by atoms with Crippen LogP contribution in [0.2, 0.25) is 0 Å². The number of aromatic nitrogens is 4. The smallest absolute Gasteiger partial charge is 0.251 e. The Balaban J connectivity index is 1.31. The number of thioether (sulfide) groups is 1. The predicted octanol–water partition coefficient (Wildman–Crippen LogP) is 5.29. The number of halogens is 1. The molecule has 0 saturated carbocycles. The van der Waals surface area contributed by atoms with Crippen LogP contribution in [-0.2, 0) is 11.3 Å². The van der Waals surface area contributed by atoms with E-state index in [0.717, 1.165) is 21.3 Å². The van der Waals surface area contributed by atoms with E-state index >= 15 is 0 Å². The third-order valence-electron chi connectivity index (χ3n) is 5.83. The first kappa shape index (κ1) is 25.6. The molecule has 2 N–H and O–H groups in total. The van der Waals surface area contributed by atoms with Crippen LogP contribution in [-0.4, -0.2) is 37.3 Å². The molecule has 0 atom stereocenters. The van der Waals surface area contributed by atoms with Gasteiger partial charge in [-0.3, -0.25) is 14.2 Å². The van der Waals surface area contributed by atoms with Gasteiger partial charge in [-0.1, -0.05) is 41.3 Å². The van der Waals surface area contributed by atoms with E-state index in [1.165, 1.54) is 35.2 Å². The van der Waals surface area contributed by atoms with Crippen molar-refractivity contribution in [3.05, 3.63) is 95.1 Å². The summed E-state index contributed by atoms with van der Waals surface area (Å²) in [6, 6.07) is 19.0. The molecule has 0 spiro atoms. The summed E-state index contributed by atoms with van der Waals surface area (Å²) in [7, 11) is 0. The van der Waals surface area contributed by atoms with E-state index < -0.39 is 0 Å². The largest absolute Gasteiger partial charge is 0.345 e. The number of nitrogens with zero attached hydrogens (tertiary/aromatic N) is 4. The second-order valence-corrected chi connectivity index (χ2v) is 10.5. The molecule has 5 aromatic rings. The zero-order valence-electron chi connectivity index (χ0n) is 20.6. The van der Waals surface area contributed by atoms with Gasteiger partial charge in [-0.2, -0.15) is 0 Å². The number of nitrogens with one attached hydrogen (secondary N) is 2.